The summed E-state index contributed by atoms with van der Waals surface area (Å²) in [4.78, 5) is 0. The van der Waals surface area contributed by atoms with E-state index in [9.17, 15) is 5.11 Å². The van der Waals surface area contributed by atoms with Crippen LogP contribution >= 0.6 is 0 Å². The molecule has 3 heteroatoms. The van der Waals surface area contributed by atoms with E-state index in [0.717, 1.165) is 0 Å². The molecular formula is C13H20O3. The quantitative estimate of drug-likeness (QED) is 0.548. The van der Waals surface area contributed by atoms with Crippen molar-refractivity contribution in [1.29, 1.82) is 0 Å². The van der Waals surface area contributed by atoms with Gasteiger partial charge in [0.15, 0.2) is 0 Å². The van der Waals surface area contributed by atoms with Crippen LogP contribution in [0.2, 0.25) is 0 Å². The first-order valence-corrected chi connectivity index (χ1v) is 5.58. The largest absolute Gasteiger partial charge is 0.393 e. The fourth-order valence-corrected chi connectivity index (χ4v) is 1.64. The second kappa shape index (κ2) is 6.63. The number of hydrogen-bond donors (Lipinski definition) is 2. The molecule has 1 aliphatic rings. The van der Waals surface area contributed by atoms with Crippen LogP contribution in [0.3, 0.4) is 0 Å². The van der Waals surface area contributed by atoms with E-state index >= 15 is 0 Å². The van der Waals surface area contributed by atoms with Crippen LogP contribution in [0.25, 0.3) is 0 Å². The van der Waals surface area contributed by atoms with Crippen LogP contribution in [0.15, 0.2) is 37.0 Å². The molecule has 1 rings (SSSR count). The fraction of sp³-hybridized carbons (Fsp3) is 0.538. The van der Waals surface area contributed by atoms with Gasteiger partial charge in [-0.15, -0.1) is 0 Å². The van der Waals surface area contributed by atoms with Crippen molar-refractivity contribution < 1.29 is 14.9 Å². The predicted octanol–water partition coefficient (Wildman–Crippen LogP) is 1.43. The zero-order valence-corrected chi connectivity index (χ0v) is 9.62. The Kier molecular flexibility index (Phi) is 5.46. The Morgan fingerprint density at radius 3 is 2.88 bits per heavy atom. The van der Waals surface area contributed by atoms with Crippen LogP contribution in [0.4, 0.5) is 0 Å². The molecule has 1 aliphatic heterocycles. The van der Waals surface area contributed by atoms with Crippen LogP contribution in [-0.2, 0) is 4.74 Å². The van der Waals surface area contributed by atoms with Gasteiger partial charge in [0.25, 0.3) is 0 Å². The molecule has 16 heavy (non-hydrogen) atoms. The molecule has 0 aromatic heterocycles. The van der Waals surface area contributed by atoms with Crippen LogP contribution < -0.4 is 0 Å². The Bertz CT molecular complexity index is 268. The molecule has 2 N–H and O–H groups in total. The number of ether oxygens (including phenoxy) is 1. The number of aliphatic hydroxyl groups excluding tert-OH is 2. The number of hydrogen-bond acceptors (Lipinski definition) is 3. The normalized spacial score (nSPS) is 32.6. The van der Waals surface area contributed by atoms with Gasteiger partial charge in [0.1, 0.15) is 6.10 Å². The summed E-state index contributed by atoms with van der Waals surface area (Å²) in [6.07, 6.45) is 8.55. The third kappa shape index (κ3) is 3.93. The van der Waals surface area contributed by atoms with Gasteiger partial charge in [-0.05, 0) is 13.3 Å². The van der Waals surface area contributed by atoms with Gasteiger partial charge in [-0.3, -0.25) is 0 Å². The molecule has 0 unspecified atom stereocenters. The molecule has 90 valence electrons. The molecular weight excluding hydrogens is 204 g/mol. The van der Waals surface area contributed by atoms with Gasteiger partial charge in [-0.1, -0.05) is 37.0 Å². The third-order valence-corrected chi connectivity index (χ3v) is 2.55. The van der Waals surface area contributed by atoms with Crippen molar-refractivity contribution in [3.8, 4) is 0 Å². The maximum absolute atomic E-state index is 9.92. The summed E-state index contributed by atoms with van der Waals surface area (Å²) < 4.78 is 5.44. The van der Waals surface area contributed by atoms with E-state index in [1.807, 2.05) is 12.2 Å². The van der Waals surface area contributed by atoms with Crippen molar-refractivity contribution in [2.75, 3.05) is 6.61 Å². The minimum atomic E-state index is -0.513. The SMILES string of the molecule is C=C/C=C/[C@@H]1OC[C@H](/C=C/C[C@H](C)O)[C@H]1O. The van der Waals surface area contributed by atoms with Gasteiger partial charge >= 0.3 is 0 Å². The molecule has 0 aromatic carbocycles. The molecule has 0 saturated carbocycles. The highest BCUT2D eigenvalue weighted by Gasteiger charge is 2.32. The van der Waals surface area contributed by atoms with Crippen molar-refractivity contribution in [2.24, 2.45) is 5.92 Å². The average Bonchev–Trinajstić information content (AvgIpc) is 2.57. The lowest BCUT2D eigenvalue weighted by Crippen LogP contribution is -2.23. The summed E-state index contributed by atoms with van der Waals surface area (Å²) in [5, 5.41) is 19.0. The van der Waals surface area contributed by atoms with E-state index in [1.54, 1.807) is 25.2 Å². The van der Waals surface area contributed by atoms with E-state index in [2.05, 4.69) is 6.58 Å². The molecule has 0 radical (unpaired) electrons. The van der Waals surface area contributed by atoms with E-state index in [1.165, 1.54) is 0 Å². The minimum absolute atomic E-state index is 0.0122. The second-order valence-electron chi connectivity index (χ2n) is 4.09. The molecule has 0 spiro atoms. The summed E-state index contributed by atoms with van der Waals surface area (Å²) in [7, 11) is 0. The molecule has 3 nitrogen and oxygen atoms in total. The van der Waals surface area contributed by atoms with E-state index in [0.29, 0.717) is 13.0 Å². The van der Waals surface area contributed by atoms with E-state index in [4.69, 9.17) is 9.84 Å². The topological polar surface area (TPSA) is 49.7 Å². The zero-order valence-electron chi connectivity index (χ0n) is 9.62. The van der Waals surface area contributed by atoms with Crippen LogP contribution in [-0.4, -0.2) is 35.1 Å². The minimum Gasteiger partial charge on any atom is -0.393 e. The number of aliphatic hydroxyl groups is 2. The lowest BCUT2D eigenvalue weighted by Gasteiger charge is -2.11. The lowest BCUT2D eigenvalue weighted by molar-refractivity contribution is 0.0724. The summed E-state index contributed by atoms with van der Waals surface area (Å²) in [5.74, 6) is 0.0122. The van der Waals surface area contributed by atoms with Gasteiger partial charge in [0.2, 0.25) is 0 Å². The molecule has 1 heterocycles. The van der Waals surface area contributed by atoms with Gasteiger partial charge in [-0.2, -0.15) is 0 Å². The van der Waals surface area contributed by atoms with Crippen molar-refractivity contribution in [2.45, 2.75) is 31.7 Å². The monoisotopic (exact) mass is 224 g/mol. The third-order valence-electron chi connectivity index (χ3n) is 2.55. The van der Waals surface area contributed by atoms with Gasteiger partial charge in [0, 0.05) is 5.92 Å². The second-order valence-corrected chi connectivity index (χ2v) is 4.09. The highest BCUT2D eigenvalue weighted by molar-refractivity contribution is 5.08. The van der Waals surface area contributed by atoms with Crippen LogP contribution in [0.1, 0.15) is 13.3 Å². The van der Waals surface area contributed by atoms with Gasteiger partial charge in [0.05, 0.1) is 18.8 Å². The average molecular weight is 224 g/mol. The first-order chi connectivity index (χ1) is 7.65. The zero-order chi connectivity index (χ0) is 12.0. The molecule has 1 saturated heterocycles. The maximum Gasteiger partial charge on any atom is 0.102 e. The smallest absolute Gasteiger partial charge is 0.102 e. The first kappa shape index (κ1) is 13.2. The van der Waals surface area contributed by atoms with Crippen molar-refractivity contribution >= 4 is 0 Å². The summed E-state index contributed by atoms with van der Waals surface area (Å²) in [6.45, 7) is 5.82. The molecule has 0 aromatic rings. The maximum atomic E-state index is 9.92. The van der Waals surface area contributed by atoms with E-state index < -0.39 is 6.10 Å². The summed E-state index contributed by atoms with van der Waals surface area (Å²) in [6, 6.07) is 0. The van der Waals surface area contributed by atoms with Gasteiger partial charge < -0.3 is 14.9 Å². The Labute approximate surface area is 96.7 Å². The molecule has 4 atom stereocenters. The Morgan fingerprint density at radius 1 is 1.50 bits per heavy atom. The summed E-state index contributed by atoms with van der Waals surface area (Å²) in [5.41, 5.74) is 0. The Morgan fingerprint density at radius 2 is 2.25 bits per heavy atom. The van der Waals surface area contributed by atoms with Crippen LogP contribution in [0.5, 0.6) is 0 Å². The van der Waals surface area contributed by atoms with Crippen molar-refractivity contribution in [3.63, 3.8) is 0 Å². The highest BCUT2D eigenvalue weighted by atomic mass is 16.5. The predicted molar refractivity (Wildman–Crippen MR) is 64.0 cm³/mol. The summed E-state index contributed by atoms with van der Waals surface area (Å²) >= 11 is 0. The Balaban J connectivity index is 2.44. The number of allylic oxidation sites excluding steroid dienone is 2. The highest BCUT2D eigenvalue weighted by Crippen LogP contribution is 2.22. The van der Waals surface area contributed by atoms with Crippen molar-refractivity contribution in [1.82, 2.24) is 0 Å². The van der Waals surface area contributed by atoms with Crippen LogP contribution in [0, 0.1) is 5.92 Å². The molecule has 0 bridgehead atoms. The van der Waals surface area contributed by atoms with E-state index in [-0.39, 0.29) is 18.1 Å². The van der Waals surface area contributed by atoms with Gasteiger partial charge in [-0.25, -0.2) is 0 Å². The molecule has 0 amide bonds. The standard InChI is InChI=1S/C13H20O3/c1-3-4-8-12-13(15)11(9-16-12)7-5-6-10(2)14/h3-5,7-8,10-15H,1,6,9H2,2H3/b7-5+,8-4+/t10-,11-,12-,13+/m0/s1. The molecule has 1 fully saturated rings. The first-order valence-electron chi connectivity index (χ1n) is 5.58. The molecule has 0 aliphatic carbocycles. The number of rotatable bonds is 5. The Hall–Kier alpha value is -0.900. The van der Waals surface area contributed by atoms with Crippen molar-refractivity contribution in [3.05, 3.63) is 37.0 Å². The fourth-order valence-electron chi connectivity index (χ4n) is 1.64. The lowest BCUT2D eigenvalue weighted by atomic mass is 10.0.